The van der Waals surface area contributed by atoms with E-state index in [1.807, 2.05) is 0 Å². The number of hydrogen-bond acceptors (Lipinski definition) is 5. The molecular formula is C13H17ClF2N4O4. The number of alkyl halides is 2. The highest BCUT2D eigenvalue weighted by Gasteiger charge is 2.49. The molecule has 1 saturated heterocycles. The van der Waals surface area contributed by atoms with Gasteiger partial charge in [-0.3, -0.25) is 10.1 Å². The van der Waals surface area contributed by atoms with E-state index >= 15 is 0 Å². The molecule has 8 nitrogen and oxygen atoms in total. The smallest absolute Gasteiger partial charge is 0.410 e. The van der Waals surface area contributed by atoms with Crippen molar-refractivity contribution in [1.29, 1.82) is 0 Å². The largest absolute Gasteiger partial charge is 0.444 e. The van der Waals surface area contributed by atoms with Crippen molar-refractivity contribution in [1.82, 2.24) is 14.7 Å². The van der Waals surface area contributed by atoms with Crippen LogP contribution in [0.1, 0.15) is 33.2 Å². The Morgan fingerprint density at radius 3 is 2.62 bits per heavy atom. The number of amides is 1. The van der Waals surface area contributed by atoms with E-state index in [0.717, 1.165) is 15.8 Å². The summed E-state index contributed by atoms with van der Waals surface area (Å²) in [5, 5.41) is 13.9. The average molecular weight is 367 g/mol. The molecule has 1 atom stereocenters. The van der Waals surface area contributed by atoms with Crippen molar-refractivity contribution >= 4 is 23.4 Å². The van der Waals surface area contributed by atoms with Gasteiger partial charge in [0.2, 0.25) is 5.15 Å². The molecule has 1 aromatic rings. The summed E-state index contributed by atoms with van der Waals surface area (Å²) in [4.78, 5) is 22.8. The number of rotatable bonds is 2. The van der Waals surface area contributed by atoms with Crippen LogP contribution in [-0.4, -0.2) is 50.3 Å². The third-order valence-electron chi connectivity index (χ3n) is 3.42. The highest BCUT2D eigenvalue weighted by atomic mass is 35.5. The topological polar surface area (TPSA) is 90.5 Å². The van der Waals surface area contributed by atoms with Gasteiger partial charge in [-0.1, -0.05) is 11.6 Å². The van der Waals surface area contributed by atoms with Crippen LogP contribution in [0.4, 0.5) is 19.3 Å². The molecule has 0 N–H and O–H groups in total. The van der Waals surface area contributed by atoms with E-state index < -0.39 is 46.0 Å². The van der Waals surface area contributed by atoms with Crippen molar-refractivity contribution < 1.29 is 23.2 Å². The average Bonchev–Trinajstić information content (AvgIpc) is 2.77. The van der Waals surface area contributed by atoms with Crippen LogP contribution in [0.15, 0.2) is 6.20 Å². The summed E-state index contributed by atoms with van der Waals surface area (Å²) in [6.07, 6.45) is -0.165. The minimum Gasteiger partial charge on any atom is -0.444 e. The van der Waals surface area contributed by atoms with Gasteiger partial charge < -0.3 is 9.64 Å². The molecule has 1 aliphatic rings. The van der Waals surface area contributed by atoms with E-state index in [0.29, 0.717) is 0 Å². The van der Waals surface area contributed by atoms with Crippen LogP contribution in [0.2, 0.25) is 5.15 Å². The third kappa shape index (κ3) is 3.74. The van der Waals surface area contributed by atoms with Crippen LogP contribution in [0.5, 0.6) is 0 Å². The Labute approximate surface area is 141 Å². The fraction of sp³-hybridized carbons (Fsp3) is 0.692. The Balaban J connectivity index is 2.18. The van der Waals surface area contributed by atoms with Gasteiger partial charge in [-0.05, 0) is 27.2 Å². The lowest BCUT2D eigenvalue weighted by Crippen LogP contribution is -2.52. The molecule has 1 fully saturated rings. The fourth-order valence-electron chi connectivity index (χ4n) is 2.39. The first-order chi connectivity index (χ1) is 10.9. The number of hydrogen-bond donors (Lipinski definition) is 0. The van der Waals surface area contributed by atoms with Gasteiger partial charge in [0, 0.05) is 6.54 Å². The first-order valence-corrected chi connectivity index (χ1v) is 7.53. The summed E-state index contributed by atoms with van der Waals surface area (Å²) in [5.41, 5.74) is -1.34. The highest BCUT2D eigenvalue weighted by molar-refractivity contribution is 6.31. The standard InChI is InChI=1S/C13H17ClF2N4O4/c1-12(2,3)24-11(21)18-5-4-9(13(15,16)7-18)19-10(14)8(6-17-19)20(22)23/h6,9H,4-5,7H2,1-3H3. The summed E-state index contributed by atoms with van der Waals surface area (Å²) in [6, 6.07) is -1.47. The van der Waals surface area contributed by atoms with Crippen molar-refractivity contribution in [3.8, 4) is 0 Å². The maximum atomic E-state index is 14.4. The molecule has 134 valence electrons. The monoisotopic (exact) mass is 366 g/mol. The van der Waals surface area contributed by atoms with Gasteiger partial charge in [-0.15, -0.1) is 0 Å². The third-order valence-corrected chi connectivity index (χ3v) is 3.79. The zero-order chi connectivity index (χ0) is 18.3. The Bertz CT molecular complexity index is 659. The molecule has 0 bridgehead atoms. The minimum atomic E-state index is -3.36. The second-order valence-corrected chi connectivity index (χ2v) is 6.85. The Morgan fingerprint density at radius 2 is 2.17 bits per heavy atom. The van der Waals surface area contributed by atoms with E-state index in [4.69, 9.17) is 16.3 Å². The van der Waals surface area contributed by atoms with Gasteiger partial charge in [-0.25, -0.2) is 18.3 Å². The number of carbonyl (C=O) groups is 1. The quantitative estimate of drug-likeness (QED) is 0.592. The summed E-state index contributed by atoms with van der Waals surface area (Å²) >= 11 is 5.79. The van der Waals surface area contributed by atoms with Crippen molar-refractivity contribution in [2.24, 2.45) is 0 Å². The van der Waals surface area contributed by atoms with Crippen molar-refractivity contribution in [2.45, 2.75) is 44.8 Å². The van der Waals surface area contributed by atoms with Crippen LogP contribution in [0.25, 0.3) is 0 Å². The van der Waals surface area contributed by atoms with Gasteiger partial charge in [0.15, 0.2) is 0 Å². The van der Waals surface area contributed by atoms with Crippen LogP contribution in [0, 0.1) is 10.1 Å². The predicted octanol–water partition coefficient (Wildman–Crippen LogP) is 3.26. The van der Waals surface area contributed by atoms with E-state index in [1.54, 1.807) is 20.8 Å². The molecule has 24 heavy (non-hydrogen) atoms. The summed E-state index contributed by atoms with van der Waals surface area (Å²) in [7, 11) is 0. The number of nitrogens with zero attached hydrogens (tertiary/aromatic N) is 4. The zero-order valence-corrected chi connectivity index (χ0v) is 14.1. The van der Waals surface area contributed by atoms with Crippen LogP contribution in [-0.2, 0) is 4.74 Å². The molecule has 2 heterocycles. The molecule has 1 aromatic heterocycles. The minimum absolute atomic E-state index is 0.000837. The number of likely N-dealkylation sites (tertiary alicyclic amines) is 1. The molecule has 0 spiro atoms. The highest BCUT2D eigenvalue weighted by Crippen LogP contribution is 2.40. The second-order valence-electron chi connectivity index (χ2n) is 6.49. The molecule has 0 radical (unpaired) electrons. The molecule has 2 rings (SSSR count). The fourth-order valence-corrected chi connectivity index (χ4v) is 2.67. The van der Waals surface area contributed by atoms with Crippen molar-refractivity contribution in [2.75, 3.05) is 13.1 Å². The van der Waals surface area contributed by atoms with Crippen LogP contribution >= 0.6 is 11.6 Å². The van der Waals surface area contributed by atoms with E-state index in [1.165, 1.54) is 0 Å². The molecule has 0 aliphatic carbocycles. The van der Waals surface area contributed by atoms with Crippen LogP contribution < -0.4 is 0 Å². The molecule has 1 amide bonds. The predicted molar refractivity (Wildman–Crippen MR) is 80.3 cm³/mol. The number of piperidine rings is 1. The molecule has 0 saturated carbocycles. The lowest BCUT2D eigenvalue weighted by molar-refractivity contribution is -0.384. The number of ether oxygens (including phenoxy) is 1. The Kier molecular flexibility index (Phi) is 4.71. The number of carbonyl (C=O) groups excluding carboxylic acids is 1. The Hall–Kier alpha value is -1.97. The first kappa shape index (κ1) is 18.4. The van der Waals surface area contributed by atoms with Crippen LogP contribution in [0.3, 0.4) is 0 Å². The summed E-state index contributed by atoms with van der Waals surface area (Å²) in [6.45, 7) is 4.03. The zero-order valence-electron chi connectivity index (χ0n) is 13.3. The van der Waals surface area contributed by atoms with E-state index in [9.17, 15) is 23.7 Å². The SMILES string of the molecule is CC(C)(C)OC(=O)N1CCC(n2ncc([N+](=O)[O-])c2Cl)C(F)(F)C1. The number of nitro groups is 1. The van der Waals surface area contributed by atoms with E-state index in [2.05, 4.69) is 5.10 Å². The van der Waals surface area contributed by atoms with Crippen molar-refractivity contribution in [3.63, 3.8) is 0 Å². The normalized spacial score (nSPS) is 20.8. The molecule has 1 unspecified atom stereocenters. The number of halogens is 3. The molecular weight excluding hydrogens is 350 g/mol. The van der Waals surface area contributed by atoms with Crippen molar-refractivity contribution in [3.05, 3.63) is 21.5 Å². The maximum absolute atomic E-state index is 14.4. The van der Waals surface area contributed by atoms with Gasteiger partial charge in [0.05, 0.1) is 11.5 Å². The second kappa shape index (κ2) is 6.15. The van der Waals surface area contributed by atoms with Gasteiger partial charge in [-0.2, -0.15) is 5.10 Å². The number of aromatic nitrogens is 2. The first-order valence-electron chi connectivity index (χ1n) is 7.15. The van der Waals surface area contributed by atoms with Gasteiger partial charge >= 0.3 is 11.8 Å². The van der Waals surface area contributed by atoms with Gasteiger partial charge in [0.25, 0.3) is 5.92 Å². The summed E-state index contributed by atoms with van der Waals surface area (Å²) in [5.74, 6) is -3.36. The lowest BCUT2D eigenvalue weighted by atomic mass is 10.0. The molecule has 1 aliphatic heterocycles. The Morgan fingerprint density at radius 1 is 1.54 bits per heavy atom. The van der Waals surface area contributed by atoms with Gasteiger partial charge in [0.1, 0.15) is 17.8 Å². The van der Waals surface area contributed by atoms with E-state index in [-0.39, 0.29) is 13.0 Å². The summed E-state index contributed by atoms with van der Waals surface area (Å²) < 4.78 is 34.7. The molecule has 0 aromatic carbocycles. The maximum Gasteiger partial charge on any atom is 0.410 e. The lowest BCUT2D eigenvalue weighted by Gasteiger charge is -2.38. The molecule has 11 heteroatoms.